The third-order valence-corrected chi connectivity index (χ3v) is 8.81. The first kappa shape index (κ1) is 32.2. The van der Waals surface area contributed by atoms with Crippen molar-refractivity contribution in [1.29, 1.82) is 0 Å². The number of allylic oxidation sites excluding steroid dienone is 1. The number of nitrogens with zero attached hydrogens (tertiary/aromatic N) is 2. The summed E-state index contributed by atoms with van der Waals surface area (Å²) in [6, 6.07) is 18.4. The largest absolute Gasteiger partial charge is 0.493 e. The van der Waals surface area contributed by atoms with Crippen molar-refractivity contribution in [2.45, 2.75) is 53.4 Å². The number of hydrogen-bond acceptors (Lipinski definition) is 8. The van der Waals surface area contributed by atoms with Gasteiger partial charge in [-0.1, -0.05) is 75.3 Å². The zero-order chi connectivity index (χ0) is 32.2. The molecule has 0 bridgehead atoms. The van der Waals surface area contributed by atoms with E-state index in [4.69, 9.17) is 23.9 Å². The number of halogens is 1. The molecule has 1 aliphatic rings. The zero-order valence-corrected chi connectivity index (χ0v) is 28.5. The van der Waals surface area contributed by atoms with Crippen molar-refractivity contribution >= 4 is 39.3 Å². The molecule has 0 spiro atoms. The van der Waals surface area contributed by atoms with E-state index in [2.05, 4.69) is 22.0 Å². The lowest BCUT2D eigenvalue weighted by Gasteiger charge is -2.26. The van der Waals surface area contributed by atoms with Gasteiger partial charge in [-0.2, -0.15) is 0 Å². The number of ether oxygens (including phenoxy) is 4. The summed E-state index contributed by atoms with van der Waals surface area (Å²) in [4.78, 5) is 32.7. The Labute approximate surface area is 274 Å². The summed E-state index contributed by atoms with van der Waals surface area (Å²) in [5, 5.41) is 0. The predicted octanol–water partition coefficient (Wildman–Crippen LogP) is 6.24. The van der Waals surface area contributed by atoms with Crippen LogP contribution in [0.1, 0.15) is 56.0 Å². The molecule has 0 fully saturated rings. The van der Waals surface area contributed by atoms with Crippen molar-refractivity contribution in [2.24, 2.45) is 4.99 Å². The number of rotatable bonds is 10. The van der Waals surface area contributed by atoms with Crippen molar-refractivity contribution in [3.05, 3.63) is 118 Å². The molecule has 2 heterocycles. The SMILES string of the molecule is CCOC(=O)C1=C(C)N=c2s/c(=C/c3cc(OC)c(OCc4cccc(C)c4)cc3Br)c(=O)n2[C@@H]1c1ccccc1OC(C)C. The molecule has 0 saturated carbocycles. The maximum atomic E-state index is 14.2. The van der Waals surface area contributed by atoms with E-state index in [-0.39, 0.29) is 18.3 Å². The molecule has 8 nitrogen and oxygen atoms in total. The third kappa shape index (κ3) is 6.92. The van der Waals surface area contributed by atoms with Crippen LogP contribution in [0.15, 0.2) is 86.2 Å². The second-order valence-corrected chi connectivity index (χ2v) is 12.7. The minimum Gasteiger partial charge on any atom is -0.493 e. The first-order valence-corrected chi connectivity index (χ1v) is 16.2. The van der Waals surface area contributed by atoms with Crippen molar-refractivity contribution in [3.8, 4) is 17.2 Å². The van der Waals surface area contributed by atoms with Crippen LogP contribution in [0.5, 0.6) is 17.2 Å². The lowest BCUT2D eigenvalue weighted by Crippen LogP contribution is -2.40. The van der Waals surface area contributed by atoms with Crippen LogP contribution in [0.25, 0.3) is 6.08 Å². The molecule has 0 N–H and O–H groups in total. The van der Waals surface area contributed by atoms with E-state index in [0.29, 0.717) is 50.0 Å². The molecule has 5 rings (SSSR count). The number of benzene rings is 3. The molecule has 0 saturated heterocycles. The molecule has 45 heavy (non-hydrogen) atoms. The highest BCUT2D eigenvalue weighted by atomic mass is 79.9. The van der Waals surface area contributed by atoms with Gasteiger partial charge in [0, 0.05) is 10.0 Å². The number of aromatic nitrogens is 1. The van der Waals surface area contributed by atoms with E-state index in [0.717, 1.165) is 21.2 Å². The van der Waals surface area contributed by atoms with Crippen molar-refractivity contribution in [1.82, 2.24) is 4.57 Å². The molecule has 4 aromatic rings. The topological polar surface area (TPSA) is 88.4 Å². The highest BCUT2D eigenvalue weighted by Gasteiger charge is 2.35. The van der Waals surface area contributed by atoms with Gasteiger partial charge in [-0.25, -0.2) is 9.79 Å². The number of hydrogen-bond donors (Lipinski definition) is 0. The van der Waals surface area contributed by atoms with Crippen LogP contribution in [0.2, 0.25) is 0 Å². The van der Waals surface area contributed by atoms with Crippen molar-refractivity contribution < 1.29 is 23.7 Å². The van der Waals surface area contributed by atoms with E-state index in [1.807, 2.05) is 75.4 Å². The maximum Gasteiger partial charge on any atom is 0.338 e. The Morgan fingerprint density at radius 2 is 1.84 bits per heavy atom. The smallest absolute Gasteiger partial charge is 0.338 e. The second-order valence-electron chi connectivity index (χ2n) is 10.8. The second kappa shape index (κ2) is 13.9. The first-order valence-electron chi connectivity index (χ1n) is 14.6. The molecular weight excluding hydrogens is 656 g/mol. The van der Waals surface area contributed by atoms with Gasteiger partial charge >= 0.3 is 5.97 Å². The molecule has 234 valence electrons. The highest BCUT2D eigenvalue weighted by Crippen LogP contribution is 2.37. The van der Waals surface area contributed by atoms with Gasteiger partial charge in [0.15, 0.2) is 16.3 Å². The summed E-state index contributed by atoms with van der Waals surface area (Å²) < 4.78 is 26.1. The Kier molecular flexibility index (Phi) is 9.94. The van der Waals surface area contributed by atoms with Gasteiger partial charge in [0.25, 0.3) is 5.56 Å². The number of methoxy groups -OCH3 is 1. The monoisotopic (exact) mass is 690 g/mol. The average Bonchev–Trinajstić information content (AvgIpc) is 3.30. The van der Waals surface area contributed by atoms with E-state index in [1.54, 1.807) is 31.6 Å². The number of carbonyl (C=O) groups excluding carboxylic acids is 1. The summed E-state index contributed by atoms with van der Waals surface area (Å²) in [7, 11) is 1.58. The lowest BCUT2D eigenvalue weighted by atomic mass is 9.95. The molecule has 3 aromatic carbocycles. The van der Waals surface area contributed by atoms with Gasteiger partial charge in [0.05, 0.1) is 35.6 Å². The zero-order valence-electron chi connectivity index (χ0n) is 26.0. The number of esters is 1. The van der Waals surface area contributed by atoms with Crippen LogP contribution in [-0.2, 0) is 16.1 Å². The number of thiazole rings is 1. The maximum absolute atomic E-state index is 14.2. The number of fused-ring (bicyclic) bond motifs is 1. The number of carbonyl (C=O) groups is 1. The quantitative estimate of drug-likeness (QED) is 0.183. The first-order chi connectivity index (χ1) is 21.6. The molecule has 10 heteroatoms. The number of aryl methyl sites for hydroxylation is 1. The summed E-state index contributed by atoms with van der Waals surface area (Å²) in [5.74, 6) is 1.16. The van der Waals surface area contributed by atoms with Gasteiger partial charge in [-0.3, -0.25) is 9.36 Å². The Morgan fingerprint density at radius 3 is 2.56 bits per heavy atom. The average molecular weight is 692 g/mol. The molecule has 0 radical (unpaired) electrons. The molecule has 1 aromatic heterocycles. The Hall–Kier alpha value is -4.15. The van der Waals surface area contributed by atoms with Crippen LogP contribution < -0.4 is 29.1 Å². The van der Waals surface area contributed by atoms with Gasteiger partial charge in [-0.05, 0) is 70.0 Å². The normalized spacial score (nSPS) is 14.7. The minimum atomic E-state index is -0.784. The lowest BCUT2D eigenvalue weighted by molar-refractivity contribution is -0.139. The van der Waals surface area contributed by atoms with E-state index < -0.39 is 12.0 Å². The fourth-order valence-electron chi connectivity index (χ4n) is 5.19. The number of para-hydroxylation sites is 1. The van der Waals surface area contributed by atoms with Crippen molar-refractivity contribution in [2.75, 3.05) is 13.7 Å². The molecule has 0 aliphatic carbocycles. The Morgan fingerprint density at radius 1 is 1.07 bits per heavy atom. The Balaban J connectivity index is 1.61. The molecule has 1 aliphatic heterocycles. The third-order valence-electron chi connectivity index (χ3n) is 7.14. The fraction of sp³-hybridized carbons (Fsp3) is 0.286. The van der Waals surface area contributed by atoms with Crippen LogP contribution in [0, 0.1) is 6.92 Å². The predicted molar refractivity (Wildman–Crippen MR) is 179 cm³/mol. The van der Waals surface area contributed by atoms with E-state index in [1.165, 1.54) is 11.3 Å². The van der Waals surface area contributed by atoms with Crippen molar-refractivity contribution in [3.63, 3.8) is 0 Å². The highest BCUT2D eigenvalue weighted by molar-refractivity contribution is 9.10. The van der Waals surface area contributed by atoms with E-state index >= 15 is 0 Å². The summed E-state index contributed by atoms with van der Waals surface area (Å²) >= 11 is 4.91. The van der Waals surface area contributed by atoms with Crippen LogP contribution in [-0.4, -0.2) is 30.4 Å². The minimum absolute atomic E-state index is 0.116. The van der Waals surface area contributed by atoms with Crippen LogP contribution >= 0.6 is 27.3 Å². The van der Waals surface area contributed by atoms with Gasteiger partial charge in [0.2, 0.25) is 0 Å². The fourth-order valence-corrected chi connectivity index (χ4v) is 6.67. The molecule has 0 amide bonds. The van der Waals surface area contributed by atoms with Gasteiger partial charge < -0.3 is 18.9 Å². The van der Waals surface area contributed by atoms with E-state index in [9.17, 15) is 9.59 Å². The van der Waals surface area contributed by atoms with Crippen LogP contribution in [0.4, 0.5) is 0 Å². The molecular formula is C35H35BrN2O6S. The Bertz CT molecular complexity index is 1960. The van der Waals surface area contributed by atoms with Gasteiger partial charge in [0.1, 0.15) is 18.4 Å². The summed E-state index contributed by atoms with van der Waals surface area (Å²) in [6.07, 6.45) is 1.67. The standard InChI is InChI=1S/C35H35BrN2O6S/c1-7-42-34(40)31-22(5)37-35-38(32(31)25-13-8-9-14-27(25)44-20(2)3)33(39)30(45-35)17-24-16-28(41-6)29(18-26(24)36)43-19-23-12-10-11-21(4)15-23/h8-18,20,32H,7,19H2,1-6H3/b30-17+/t32-/m1/s1. The summed E-state index contributed by atoms with van der Waals surface area (Å²) in [6.45, 7) is 9.99. The van der Waals surface area contributed by atoms with Gasteiger partial charge in [-0.15, -0.1) is 0 Å². The molecule has 1 atom stereocenters. The van der Waals surface area contributed by atoms with Crippen LogP contribution in [0.3, 0.4) is 0 Å². The summed E-state index contributed by atoms with van der Waals surface area (Å²) in [5.41, 5.74) is 4.10. The molecule has 0 unspecified atom stereocenters.